The second-order valence-corrected chi connectivity index (χ2v) is 11.2. The minimum Gasteiger partial charge on any atom is -0.493 e. The van der Waals surface area contributed by atoms with E-state index in [1.807, 2.05) is 91.7 Å². The molecular weight excluding hydrogens is 564 g/mol. The Morgan fingerprint density at radius 2 is 1.79 bits per heavy atom. The third-order valence-electron chi connectivity index (χ3n) is 6.88. The van der Waals surface area contributed by atoms with Crippen molar-refractivity contribution >= 4 is 28.8 Å². The molecule has 0 aliphatic carbocycles. The van der Waals surface area contributed by atoms with Crippen LogP contribution in [0.25, 0.3) is 0 Å². The Balaban J connectivity index is 1.44. The topological polar surface area (TPSA) is 102 Å². The number of hydrogen-bond donors (Lipinski definition) is 1. The number of ether oxygens (including phenoxy) is 3. The fourth-order valence-electron chi connectivity index (χ4n) is 4.86. The molecule has 0 saturated carbocycles. The van der Waals surface area contributed by atoms with Crippen molar-refractivity contribution in [3.05, 3.63) is 112 Å². The van der Waals surface area contributed by atoms with Crippen LogP contribution in [0.4, 0.5) is 0 Å². The molecule has 1 N–H and O–H groups in total. The molecule has 0 fully saturated rings. The van der Waals surface area contributed by atoms with Crippen LogP contribution in [0, 0.1) is 0 Å². The number of esters is 1. The van der Waals surface area contributed by atoms with Crippen LogP contribution >= 0.6 is 11.8 Å². The van der Waals surface area contributed by atoms with Crippen LogP contribution in [0.5, 0.6) is 11.5 Å². The van der Waals surface area contributed by atoms with E-state index in [1.165, 1.54) is 11.8 Å². The summed E-state index contributed by atoms with van der Waals surface area (Å²) >= 11 is 1.42. The van der Waals surface area contributed by atoms with Crippen LogP contribution in [0.2, 0.25) is 0 Å². The van der Waals surface area contributed by atoms with Crippen molar-refractivity contribution in [2.75, 3.05) is 7.11 Å². The number of methoxy groups -OCH3 is 1. The normalized spacial score (nSPS) is 15.9. The van der Waals surface area contributed by atoms with Gasteiger partial charge in [0.25, 0.3) is 0 Å². The first-order valence-electron chi connectivity index (χ1n) is 14.0. The van der Waals surface area contributed by atoms with E-state index in [4.69, 9.17) is 19.2 Å². The molecule has 0 spiro atoms. The summed E-state index contributed by atoms with van der Waals surface area (Å²) in [6, 6.07) is 18.6. The predicted octanol–water partition coefficient (Wildman–Crippen LogP) is 5.90. The Hall–Kier alpha value is -4.57. The quantitative estimate of drug-likeness (QED) is 0.272. The first-order valence-corrected chi connectivity index (χ1v) is 14.9. The smallest absolute Gasteiger partial charge is 0.338 e. The number of nitrogens with one attached hydrogen (secondary N) is 1. The van der Waals surface area contributed by atoms with Crippen molar-refractivity contribution in [3.8, 4) is 11.5 Å². The number of nitrogens with zero attached hydrogens (tertiary/aromatic N) is 3. The molecular formula is C33H34N4O5S. The van der Waals surface area contributed by atoms with Gasteiger partial charge in [0.05, 0.1) is 36.9 Å². The summed E-state index contributed by atoms with van der Waals surface area (Å²) in [4.78, 5) is 37.3. The molecule has 1 aromatic heterocycles. The number of aromatic nitrogens is 1. The zero-order valence-electron chi connectivity index (χ0n) is 24.6. The highest BCUT2D eigenvalue weighted by Gasteiger charge is 2.41. The van der Waals surface area contributed by atoms with E-state index < -0.39 is 12.0 Å². The molecule has 43 heavy (non-hydrogen) atoms. The summed E-state index contributed by atoms with van der Waals surface area (Å²) in [6.07, 6.45) is 3.17. The number of allylic oxidation sites excluding steroid dienone is 1. The Morgan fingerprint density at radius 1 is 1.02 bits per heavy atom. The van der Waals surface area contributed by atoms with Gasteiger partial charge in [0.1, 0.15) is 6.61 Å². The molecule has 222 valence electrons. The van der Waals surface area contributed by atoms with E-state index >= 15 is 0 Å². The number of carbonyl (C=O) groups excluding carboxylic acids is 2. The van der Waals surface area contributed by atoms with Crippen molar-refractivity contribution in [3.63, 3.8) is 0 Å². The molecule has 3 aromatic rings. The van der Waals surface area contributed by atoms with Gasteiger partial charge in [-0.2, -0.15) is 0 Å². The monoisotopic (exact) mass is 598 g/mol. The maximum atomic E-state index is 13.5. The highest BCUT2D eigenvalue weighted by atomic mass is 32.2. The lowest BCUT2D eigenvalue weighted by Crippen LogP contribution is -2.38. The summed E-state index contributed by atoms with van der Waals surface area (Å²) in [5.41, 5.74) is 4.46. The number of amidine groups is 1. The average Bonchev–Trinajstić information content (AvgIpc) is 3.40. The first-order chi connectivity index (χ1) is 20.8. The van der Waals surface area contributed by atoms with Gasteiger partial charge in [-0.1, -0.05) is 48.2 Å². The Morgan fingerprint density at radius 3 is 2.51 bits per heavy atom. The largest absolute Gasteiger partial charge is 0.493 e. The zero-order valence-corrected chi connectivity index (χ0v) is 25.4. The highest BCUT2D eigenvalue weighted by molar-refractivity contribution is 8.16. The van der Waals surface area contributed by atoms with Crippen LogP contribution in [0.3, 0.4) is 0 Å². The number of pyridine rings is 1. The summed E-state index contributed by atoms with van der Waals surface area (Å²) in [5, 5.41) is 5.57. The maximum absolute atomic E-state index is 13.5. The summed E-state index contributed by atoms with van der Waals surface area (Å²) in [6.45, 7) is 6.20. The maximum Gasteiger partial charge on any atom is 0.338 e. The predicted molar refractivity (Wildman–Crippen MR) is 166 cm³/mol. The van der Waals surface area contributed by atoms with Crippen LogP contribution in [0.1, 0.15) is 49.9 Å². The van der Waals surface area contributed by atoms with E-state index in [-0.39, 0.29) is 18.4 Å². The average molecular weight is 599 g/mol. The number of thioether (sulfide) groups is 1. The summed E-state index contributed by atoms with van der Waals surface area (Å²) in [5.74, 6) is 0.499. The molecule has 3 heterocycles. The zero-order chi connectivity index (χ0) is 30.3. The summed E-state index contributed by atoms with van der Waals surface area (Å²) in [7, 11) is 1.58. The fourth-order valence-corrected chi connectivity index (χ4v) is 5.83. The minimum atomic E-state index is -0.593. The highest BCUT2D eigenvalue weighted by Crippen LogP contribution is 2.46. The number of benzene rings is 2. The molecule has 2 aromatic carbocycles. The van der Waals surface area contributed by atoms with E-state index in [9.17, 15) is 9.59 Å². The lowest BCUT2D eigenvalue weighted by Gasteiger charge is -2.36. The molecule has 9 nitrogen and oxygen atoms in total. The number of aliphatic imine (C=N–C) groups is 1. The van der Waals surface area contributed by atoms with Crippen LogP contribution < -0.4 is 14.8 Å². The third-order valence-corrected chi connectivity index (χ3v) is 7.77. The van der Waals surface area contributed by atoms with Gasteiger partial charge in [0.15, 0.2) is 16.7 Å². The van der Waals surface area contributed by atoms with Crippen LogP contribution in [-0.2, 0) is 27.5 Å². The molecule has 1 amide bonds. The summed E-state index contributed by atoms with van der Waals surface area (Å²) < 4.78 is 17.5. The SMILES string of the molecule is COc1cc([C@@H]2C(C(=O)OC(C)C)=C(C)N=C3SC=C(CC(=O)NCc4ccncc4)N32)ccc1OCc1ccccc1. The van der Waals surface area contributed by atoms with Gasteiger partial charge < -0.3 is 24.4 Å². The van der Waals surface area contributed by atoms with Gasteiger partial charge in [0, 0.05) is 24.6 Å². The molecule has 10 heteroatoms. The van der Waals surface area contributed by atoms with Crippen LogP contribution in [-0.4, -0.2) is 40.1 Å². The van der Waals surface area contributed by atoms with Gasteiger partial charge in [0.2, 0.25) is 5.91 Å². The van der Waals surface area contributed by atoms with Crippen LogP contribution in [0.15, 0.2) is 100 Å². The second-order valence-electron chi connectivity index (χ2n) is 10.3. The van der Waals surface area contributed by atoms with Crippen molar-refractivity contribution in [1.29, 1.82) is 0 Å². The standard InChI is InChI=1S/C33H34N4O5S/c1-21(2)42-32(39)30-22(3)36-33-37(26(20-43-33)17-29(38)35-18-23-12-14-34-15-13-23)31(30)25-10-11-27(28(16-25)40-4)41-19-24-8-6-5-7-9-24/h5-16,20-21,31H,17-19H2,1-4H3,(H,35,38)/t31-/m1/s1. The third kappa shape index (κ3) is 7.09. The van der Waals surface area contributed by atoms with Gasteiger partial charge in [-0.05, 0) is 67.1 Å². The van der Waals surface area contributed by atoms with Gasteiger partial charge in [-0.15, -0.1) is 0 Å². The van der Waals surface area contributed by atoms with E-state index in [1.54, 1.807) is 19.5 Å². The van der Waals surface area contributed by atoms with Crippen molar-refractivity contribution in [2.45, 2.75) is 52.5 Å². The van der Waals surface area contributed by atoms with Crippen molar-refractivity contribution < 1.29 is 23.8 Å². The molecule has 0 saturated heterocycles. The molecule has 2 aliphatic heterocycles. The minimum absolute atomic E-state index is 0.106. The van der Waals surface area contributed by atoms with Gasteiger partial charge in [-0.25, -0.2) is 9.79 Å². The van der Waals surface area contributed by atoms with Crippen molar-refractivity contribution in [1.82, 2.24) is 15.2 Å². The Kier molecular flexibility index (Phi) is 9.46. The number of carbonyl (C=O) groups is 2. The Bertz CT molecular complexity index is 1570. The van der Waals surface area contributed by atoms with Gasteiger partial charge in [-0.3, -0.25) is 9.78 Å². The lowest BCUT2D eigenvalue weighted by atomic mass is 9.93. The van der Waals surface area contributed by atoms with E-state index in [0.717, 1.165) is 22.4 Å². The van der Waals surface area contributed by atoms with E-state index in [0.29, 0.717) is 41.1 Å². The Labute approximate surface area is 255 Å². The molecule has 5 rings (SSSR count). The van der Waals surface area contributed by atoms with Gasteiger partial charge >= 0.3 is 5.97 Å². The fraction of sp³-hybridized carbons (Fsp3) is 0.273. The first kappa shape index (κ1) is 29.9. The number of rotatable bonds is 11. The number of fused-ring (bicyclic) bond motifs is 1. The van der Waals surface area contributed by atoms with E-state index in [2.05, 4.69) is 10.3 Å². The molecule has 2 aliphatic rings. The molecule has 0 unspecified atom stereocenters. The molecule has 0 radical (unpaired) electrons. The lowest BCUT2D eigenvalue weighted by molar-refractivity contribution is -0.143. The van der Waals surface area contributed by atoms with Crippen molar-refractivity contribution in [2.24, 2.45) is 4.99 Å². The molecule has 0 bridgehead atoms. The molecule has 1 atom stereocenters. The number of hydrogen-bond acceptors (Lipinski definition) is 9. The number of amides is 1. The second kappa shape index (κ2) is 13.6.